The van der Waals surface area contributed by atoms with Gasteiger partial charge in [-0.15, -0.1) is 0 Å². The van der Waals surface area contributed by atoms with Crippen molar-refractivity contribution in [3.05, 3.63) is 0 Å². The monoisotopic (exact) mass is 250 g/mol. The normalized spacial score (nSPS) is 13.4. The summed E-state index contributed by atoms with van der Waals surface area (Å²) in [4.78, 5) is 0. The second-order valence-electron chi connectivity index (χ2n) is 3.95. The van der Waals surface area contributed by atoms with E-state index in [-0.39, 0.29) is 0 Å². The van der Waals surface area contributed by atoms with Gasteiger partial charge in [-0.2, -0.15) is 12.6 Å². The Morgan fingerprint density at radius 1 is 1.13 bits per heavy atom. The van der Waals surface area contributed by atoms with E-state index in [1.165, 1.54) is 12.8 Å². The zero-order valence-corrected chi connectivity index (χ0v) is 12.4. The van der Waals surface area contributed by atoms with Gasteiger partial charge in [0.2, 0.25) is 0 Å². The van der Waals surface area contributed by atoms with Crippen LogP contribution >= 0.6 is 12.6 Å². The number of thiol groups is 1. The zero-order chi connectivity index (χ0) is 11.5. The highest BCUT2D eigenvalue weighted by Gasteiger charge is 2.21. The summed E-state index contributed by atoms with van der Waals surface area (Å²) >= 11 is 4.24. The Labute approximate surface area is 102 Å². The van der Waals surface area contributed by atoms with E-state index in [1.54, 1.807) is 0 Å². The Kier molecular flexibility index (Phi) is 11.3. The SMILES string of the molecule is CCCO[SiH](OCCC)C(C)CCCS. The number of hydrogen-bond acceptors (Lipinski definition) is 3. The Balaban J connectivity index is 3.84. The van der Waals surface area contributed by atoms with E-state index in [2.05, 4.69) is 33.4 Å². The Hall–Kier alpha value is 0.487. The lowest BCUT2D eigenvalue weighted by Crippen LogP contribution is -2.28. The van der Waals surface area contributed by atoms with Crippen LogP contribution in [0.25, 0.3) is 0 Å². The molecule has 0 aromatic carbocycles. The molecule has 0 saturated carbocycles. The molecule has 0 aliphatic rings. The van der Waals surface area contributed by atoms with Crippen molar-refractivity contribution >= 4 is 21.9 Å². The standard InChI is InChI=1S/C11H26O2SSi/c1-4-8-12-15(13-9-5-2)11(3)7-6-10-14/h11,14-15H,4-10H2,1-3H3. The van der Waals surface area contributed by atoms with Crippen LogP contribution in [0, 0.1) is 0 Å². The molecule has 0 aliphatic carbocycles. The molecule has 0 amide bonds. The topological polar surface area (TPSA) is 18.5 Å². The minimum atomic E-state index is -1.43. The third-order valence-electron chi connectivity index (χ3n) is 2.25. The van der Waals surface area contributed by atoms with Gasteiger partial charge in [0.1, 0.15) is 0 Å². The van der Waals surface area contributed by atoms with Crippen molar-refractivity contribution in [1.82, 2.24) is 0 Å². The van der Waals surface area contributed by atoms with Gasteiger partial charge in [-0.25, -0.2) is 0 Å². The number of rotatable bonds is 10. The van der Waals surface area contributed by atoms with Crippen LogP contribution in [0.2, 0.25) is 5.54 Å². The third kappa shape index (κ3) is 8.31. The van der Waals surface area contributed by atoms with Crippen molar-refractivity contribution in [2.24, 2.45) is 0 Å². The zero-order valence-electron chi connectivity index (χ0n) is 10.4. The fraction of sp³-hybridized carbons (Fsp3) is 1.00. The van der Waals surface area contributed by atoms with E-state index in [1.807, 2.05) is 0 Å². The van der Waals surface area contributed by atoms with Gasteiger partial charge in [0.15, 0.2) is 0 Å². The van der Waals surface area contributed by atoms with Crippen molar-refractivity contribution in [3.8, 4) is 0 Å². The van der Waals surface area contributed by atoms with Gasteiger partial charge in [0.25, 0.3) is 0 Å². The molecule has 0 fully saturated rings. The van der Waals surface area contributed by atoms with Crippen molar-refractivity contribution in [2.45, 2.75) is 52.0 Å². The van der Waals surface area contributed by atoms with Crippen LogP contribution in [0.3, 0.4) is 0 Å². The van der Waals surface area contributed by atoms with E-state index >= 15 is 0 Å². The van der Waals surface area contributed by atoms with E-state index in [0.717, 1.165) is 31.8 Å². The quantitative estimate of drug-likeness (QED) is 0.474. The molecular weight excluding hydrogens is 224 g/mol. The molecule has 0 rings (SSSR count). The summed E-state index contributed by atoms with van der Waals surface area (Å²) in [5.74, 6) is 0.965. The smallest absolute Gasteiger partial charge is 0.324 e. The van der Waals surface area contributed by atoms with Crippen molar-refractivity contribution < 1.29 is 8.85 Å². The minimum Gasteiger partial charge on any atom is -0.396 e. The predicted molar refractivity (Wildman–Crippen MR) is 72.1 cm³/mol. The molecule has 0 bridgehead atoms. The molecule has 15 heavy (non-hydrogen) atoms. The van der Waals surface area contributed by atoms with E-state index < -0.39 is 9.28 Å². The highest BCUT2D eigenvalue weighted by atomic mass is 32.1. The van der Waals surface area contributed by atoms with Gasteiger partial charge in [-0.05, 0) is 37.0 Å². The Bertz CT molecular complexity index is 128. The van der Waals surface area contributed by atoms with Crippen LogP contribution in [0.5, 0.6) is 0 Å². The first-order chi connectivity index (χ1) is 7.26. The maximum Gasteiger partial charge on any atom is 0.324 e. The summed E-state index contributed by atoms with van der Waals surface area (Å²) in [7, 11) is -1.43. The second-order valence-corrected chi connectivity index (χ2v) is 6.94. The lowest BCUT2D eigenvalue weighted by Gasteiger charge is -2.22. The molecule has 0 heterocycles. The van der Waals surface area contributed by atoms with Crippen molar-refractivity contribution in [3.63, 3.8) is 0 Å². The van der Waals surface area contributed by atoms with Crippen LogP contribution in [-0.2, 0) is 8.85 Å². The van der Waals surface area contributed by atoms with Crippen LogP contribution in [0.1, 0.15) is 46.5 Å². The van der Waals surface area contributed by atoms with Crippen molar-refractivity contribution in [2.75, 3.05) is 19.0 Å². The largest absolute Gasteiger partial charge is 0.396 e. The molecule has 0 radical (unpaired) electrons. The molecule has 0 aliphatic heterocycles. The first kappa shape index (κ1) is 15.5. The Morgan fingerprint density at radius 2 is 1.67 bits per heavy atom. The first-order valence-electron chi connectivity index (χ1n) is 6.10. The van der Waals surface area contributed by atoms with E-state index in [0.29, 0.717) is 5.54 Å². The fourth-order valence-corrected chi connectivity index (χ4v) is 3.77. The molecule has 92 valence electrons. The highest BCUT2D eigenvalue weighted by Crippen LogP contribution is 2.19. The van der Waals surface area contributed by atoms with Crippen LogP contribution in [-0.4, -0.2) is 28.3 Å². The summed E-state index contributed by atoms with van der Waals surface area (Å²) in [5, 5.41) is 0. The number of hydrogen-bond donors (Lipinski definition) is 1. The van der Waals surface area contributed by atoms with E-state index in [9.17, 15) is 0 Å². The molecule has 0 saturated heterocycles. The molecule has 2 nitrogen and oxygen atoms in total. The summed E-state index contributed by atoms with van der Waals surface area (Å²) < 4.78 is 11.7. The maximum atomic E-state index is 5.84. The molecular formula is C11H26O2SSi. The summed E-state index contributed by atoms with van der Waals surface area (Å²) in [6.07, 6.45) is 4.52. The fourth-order valence-electron chi connectivity index (χ4n) is 1.39. The lowest BCUT2D eigenvalue weighted by molar-refractivity contribution is 0.187. The maximum absolute atomic E-state index is 5.84. The summed E-state index contributed by atoms with van der Waals surface area (Å²) in [6, 6.07) is 0. The molecule has 0 N–H and O–H groups in total. The Morgan fingerprint density at radius 3 is 2.07 bits per heavy atom. The molecule has 1 unspecified atom stereocenters. The average Bonchev–Trinajstić information content (AvgIpc) is 2.26. The molecule has 1 atom stereocenters. The van der Waals surface area contributed by atoms with Gasteiger partial charge in [-0.3, -0.25) is 0 Å². The van der Waals surface area contributed by atoms with Gasteiger partial charge in [-0.1, -0.05) is 20.8 Å². The van der Waals surface area contributed by atoms with E-state index in [4.69, 9.17) is 8.85 Å². The average molecular weight is 250 g/mol. The summed E-state index contributed by atoms with van der Waals surface area (Å²) in [5.41, 5.74) is 0.607. The molecule has 0 aromatic heterocycles. The molecule has 0 aromatic rings. The van der Waals surface area contributed by atoms with Gasteiger partial charge >= 0.3 is 9.28 Å². The molecule has 0 spiro atoms. The highest BCUT2D eigenvalue weighted by molar-refractivity contribution is 7.80. The van der Waals surface area contributed by atoms with Crippen molar-refractivity contribution in [1.29, 1.82) is 0 Å². The minimum absolute atomic E-state index is 0.607. The van der Waals surface area contributed by atoms with Gasteiger partial charge in [0, 0.05) is 13.2 Å². The third-order valence-corrected chi connectivity index (χ3v) is 4.96. The second kappa shape index (κ2) is 11.0. The summed E-state index contributed by atoms with van der Waals surface area (Å²) in [6.45, 7) is 8.25. The van der Waals surface area contributed by atoms with Crippen LogP contribution in [0.15, 0.2) is 0 Å². The van der Waals surface area contributed by atoms with Crippen LogP contribution < -0.4 is 0 Å². The predicted octanol–water partition coefficient (Wildman–Crippen LogP) is 3.16. The van der Waals surface area contributed by atoms with Crippen LogP contribution in [0.4, 0.5) is 0 Å². The lowest BCUT2D eigenvalue weighted by atomic mass is 10.3. The van der Waals surface area contributed by atoms with Gasteiger partial charge in [0.05, 0.1) is 0 Å². The first-order valence-corrected chi connectivity index (χ1v) is 8.34. The molecule has 4 heteroatoms. The van der Waals surface area contributed by atoms with Gasteiger partial charge < -0.3 is 8.85 Å².